The molecule has 0 amide bonds. The fourth-order valence-electron chi connectivity index (χ4n) is 2.58. The first-order chi connectivity index (χ1) is 8.63. The molecule has 2 heterocycles. The molecule has 3 nitrogen and oxygen atoms in total. The number of hydrogen-bond donors (Lipinski definition) is 1. The molecule has 0 unspecified atom stereocenters. The second-order valence-electron chi connectivity index (χ2n) is 5.25. The first kappa shape index (κ1) is 11.9. The molecule has 0 radical (unpaired) electrons. The summed E-state index contributed by atoms with van der Waals surface area (Å²) in [5.74, 6) is 0. The van der Waals surface area contributed by atoms with Crippen molar-refractivity contribution in [3.05, 3.63) is 23.3 Å². The summed E-state index contributed by atoms with van der Waals surface area (Å²) in [6.07, 6.45) is 2.15. The van der Waals surface area contributed by atoms with Crippen LogP contribution in [0.3, 0.4) is 0 Å². The van der Waals surface area contributed by atoms with Crippen LogP contribution in [-0.4, -0.2) is 24.1 Å². The van der Waals surface area contributed by atoms with Crippen LogP contribution < -0.4 is 10.6 Å². The van der Waals surface area contributed by atoms with Crippen LogP contribution in [0.1, 0.15) is 24.0 Å². The highest BCUT2D eigenvalue weighted by Crippen LogP contribution is 2.32. The van der Waals surface area contributed by atoms with Gasteiger partial charge in [-0.15, -0.1) is 0 Å². The number of benzene rings is 1. The molecule has 1 fully saturated rings. The Morgan fingerprint density at radius 2 is 2.00 bits per heavy atom. The van der Waals surface area contributed by atoms with Crippen LogP contribution in [0.4, 0.5) is 5.13 Å². The van der Waals surface area contributed by atoms with Crippen LogP contribution in [-0.2, 0) is 0 Å². The smallest absolute Gasteiger partial charge is 0.186 e. The normalized spacial score (nSPS) is 17.6. The third kappa shape index (κ3) is 2.10. The summed E-state index contributed by atoms with van der Waals surface area (Å²) in [5, 5.41) is 1.16. The van der Waals surface area contributed by atoms with Gasteiger partial charge in [0.05, 0.1) is 10.2 Å². The highest BCUT2D eigenvalue weighted by atomic mass is 32.1. The summed E-state index contributed by atoms with van der Waals surface area (Å²) in [6, 6.07) is 4.82. The summed E-state index contributed by atoms with van der Waals surface area (Å²) < 4.78 is 1.30. The van der Waals surface area contributed by atoms with E-state index in [1.165, 1.54) is 15.8 Å². The molecule has 1 aliphatic rings. The molecular formula is C14H19N3S. The van der Waals surface area contributed by atoms with Crippen LogP contribution in [0, 0.1) is 13.8 Å². The van der Waals surface area contributed by atoms with Crippen LogP contribution in [0.25, 0.3) is 10.2 Å². The van der Waals surface area contributed by atoms with Gasteiger partial charge in [-0.2, -0.15) is 0 Å². The number of fused-ring (bicyclic) bond motifs is 1. The van der Waals surface area contributed by atoms with Crippen molar-refractivity contribution in [3.8, 4) is 0 Å². The number of anilines is 1. The average Bonchev–Trinajstić information content (AvgIpc) is 2.74. The van der Waals surface area contributed by atoms with Gasteiger partial charge in [-0.1, -0.05) is 17.4 Å². The predicted octanol–water partition coefficient (Wildman–Crippen LogP) is 2.84. The minimum absolute atomic E-state index is 0.375. The maximum atomic E-state index is 5.95. The minimum Gasteiger partial charge on any atom is -0.348 e. The van der Waals surface area contributed by atoms with Gasteiger partial charge in [-0.25, -0.2) is 4.98 Å². The molecule has 0 aliphatic carbocycles. The Labute approximate surface area is 112 Å². The van der Waals surface area contributed by atoms with E-state index in [1.807, 2.05) is 11.3 Å². The molecule has 4 heteroatoms. The monoisotopic (exact) mass is 261 g/mol. The molecule has 0 saturated carbocycles. The molecule has 3 rings (SSSR count). The number of aromatic nitrogens is 1. The van der Waals surface area contributed by atoms with Gasteiger partial charge >= 0.3 is 0 Å². The fourth-order valence-corrected chi connectivity index (χ4v) is 3.78. The molecule has 0 bridgehead atoms. The van der Waals surface area contributed by atoms with Gasteiger partial charge in [0.25, 0.3) is 0 Å². The Kier molecular flexibility index (Phi) is 2.99. The number of nitrogens with two attached hydrogens (primary N) is 1. The van der Waals surface area contributed by atoms with E-state index >= 15 is 0 Å². The number of hydrogen-bond acceptors (Lipinski definition) is 4. The van der Waals surface area contributed by atoms with Gasteiger partial charge in [-0.05, 0) is 43.9 Å². The zero-order valence-corrected chi connectivity index (χ0v) is 11.8. The molecule has 1 saturated heterocycles. The van der Waals surface area contributed by atoms with Crippen molar-refractivity contribution in [2.45, 2.75) is 32.7 Å². The van der Waals surface area contributed by atoms with E-state index in [1.54, 1.807) is 0 Å². The van der Waals surface area contributed by atoms with Gasteiger partial charge in [0, 0.05) is 19.1 Å². The standard InChI is InChI=1S/C14H19N3S/c1-9-7-10(2)13-12(8-9)18-14(16-13)17-5-3-11(15)4-6-17/h7-8,11H,3-6,15H2,1-2H3. The largest absolute Gasteiger partial charge is 0.348 e. The summed E-state index contributed by atoms with van der Waals surface area (Å²) in [6.45, 7) is 6.37. The van der Waals surface area contributed by atoms with E-state index < -0.39 is 0 Å². The van der Waals surface area contributed by atoms with E-state index in [0.717, 1.165) is 36.6 Å². The minimum atomic E-state index is 0.375. The van der Waals surface area contributed by atoms with Crippen molar-refractivity contribution < 1.29 is 0 Å². The third-order valence-corrected chi connectivity index (χ3v) is 4.69. The zero-order valence-electron chi connectivity index (χ0n) is 10.9. The summed E-state index contributed by atoms with van der Waals surface area (Å²) in [7, 11) is 0. The Morgan fingerprint density at radius 1 is 1.28 bits per heavy atom. The zero-order chi connectivity index (χ0) is 12.7. The van der Waals surface area contributed by atoms with E-state index in [4.69, 9.17) is 10.7 Å². The highest BCUT2D eigenvalue weighted by Gasteiger charge is 2.19. The molecule has 1 aliphatic heterocycles. The molecule has 96 valence electrons. The van der Waals surface area contributed by atoms with Crippen molar-refractivity contribution in [1.29, 1.82) is 0 Å². The van der Waals surface area contributed by atoms with E-state index in [9.17, 15) is 0 Å². The van der Waals surface area contributed by atoms with Crippen LogP contribution in [0.2, 0.25) is 0 Å². The molecule has 0 atom stereocenters. The number of thiazole rings is 1. The molecule has 2 aromatic rings. The maximum absolute atomic E-state index is 5.95. The molecule has 1 aromatic carbocycles. The van der Waals surface area contributed by atoms with E-state index in [0.29, 0.717) is 6.04 Å². The number of aryl methyl sites for hydroxylation is 2. The number of piperidine rings is 1. The number of nitrogens with zero attached hydrogens (tertiary/aromatic N) is 2. The first-order valence-electron chi connectivity index (χ1n) is 6.52. The Hall–Kier alpha value is -1.13. The molecule has 0 spiro atoms. The fraction of sp³-hybridized carbons (Fsp3) is 0.500. The lowest BCUT2D eigenvalue weighted by Gasteiger charge is -2.29. The van der Waals surface area contributed by atoms with Gasteiger partial charge in [0.1, 0.15) is 0 Å². The Bertz CT molecular complexity index is 568. The summed E-state index contributed by atoms with van der Waals surface area (Å²) >= 11 is 1.81. The van der Waals surface area contributed by atoms with Gasteiger partial charge in [0.2, 0.25) is 0 Å². The van der Waals surface area contributed by atoms with Crippen LogP contribution >= 0.6 is 11.3 Å². The summed E-state index contributed by atoms with van der Waals surface area (Å²) in [4.78, 5) is 7.18. The van der Waals surface area contributed by atoms with Crippen LogP contribution in [0.5, 0.6) is 0 Å². The molecule has 2 N–H and O–H groups in total. The van der Waals surface area contributed by atoms with Crippen molar-refractivity contribution in [2.24, 2.45) is 5.73 Å². The maximum Gasteiger partial charge on any atom is 0.186 e. The lowest BCUT2D eigenvalue weighted by atomic mass is 10.1. The van der Waals surface area contributed by atoms with Crippen LogP contribution in [0.15, 0.2) is 12.1 Å². The van der Waals surface area contributed by atoms with E-state index in [-0.39, 0.29) is 0 Å². The second kappa shape index (κ2) is 4.52. The lowest BCUT2D eigenvalue weighted by molar-refractivity contribution is 0.501. The van der Waals surface area contributed by atoms with Gasteiger partial charge in [-0.3, -0.25) is 0 Å². The first-order valence-corrected chi connectivity index (χ1v) is 7.33. The average molecular weight is 261 g/mol. The molecular weight excluding hydrogens is 242 g/mol. The quantitative estimate of drug-likeness (QED) is 0.858. The topological polar surface area (TPSA) is 42.2 Å². The summed E-state index contributed by atoms with van der Waals surface area (Å²) in [5.41, 5.74) is 9.71. The lowest BCUT2D eigenvalue weighted by Crippen LogP contribution is -2.39. The Morgan fingerprint density at radius 3 is 2.72 bits per heavy atom. The molecule has 1 aromatic heterocycles. The van der Waals surface area contributed by atoms with E-state index in [2.05, 4.69) is 30.9 Å². The molecule has 18 heavy (non-hydrogen) atoms. The van der Waals surface area contributed by atoms with Crippen molar-refractivity contribution in [2.75, 3.05) is 18.0 Å². The van der Waals surface area contributed by atoms with Gasteiger partial charge < -0.3 is 10.6 Å². The van der Waals surface area contributed by atoms with Crippen molar-refractivity contribution in [3.63, 3.8) is 0 Å². The van der Waals surface area contributed by atoms with Crippen molar-refractivity contribution in [1.82, 2.24) is 4.98 Å². The Balaban J connectivity index is 1.96. The predicted molar refractivity (Wildman–Crippen MR) is 78.5 cm³/mol. The number of rotatable bonds is 1. The third-order valence-electron chi connectivity index (χ3n) is 3.63. The second-order valence-corrected chi connectivity index (χ2v) is 6.26. The van der Waals surface area contributed by atoms with Gasteiger partial charge in [0.15, 0.2) is 5.13 Å². The SMILES string of the molecule is Cc1cc(C)c2nc(N3CCC(N)CC3)sc2c1. The van der Waals surface area contributed by atoms with Crippen molar-refractivity contribution >= 4 is 26.7 Å². The highest BCUT2D eigenvalue weighted by molar-refractivity contribution is 7.22.